The van der Waals surface area contributed by atoms with E-state index in [2.05, 4.69) is 20.5 Å². The summed E-state index contributed by atoms with van der Waals surface area (Å²) in [5, 5.41) is 11.6. The van der Waals surface area contributed by atoms with Crippen molar-refractivity contribution in [1.29, 1.82) is 0 Å². The zero-order valence-electron chi connectivity index (χ0n) is 19.6. The number of pyridine rings is 1. The number of benzene rings is 1. The van der Waals surface area contributed by atoms with E-state index in [1.807, 2.05) is 18.2 Å². The summed E-state index contributed by atoms with van der Waals surface area (Å²) >= 11 is 0. The zero-order chi connectivity index (χ0) is 24.0. The van der Waals surface area contributed by atoms with Crippen LogP contribution in [0.4, 0.5) is 10.5 Å². The number of sulfonamides is 1. The number of hydrogen-bond acceptors (Lipinski definition) is 5. The van der Waals surface area contributed by atoms with Crippen molar-refractivity contribution in [3.8, 4) is 0 Å². The molecule has 2 aromatic rings. The number of aryl methyl sites for hydroxylation is 1. The number of nitrogens with one attached hydrogen (secondary N) is 2. The number of nitrogens with zero attached hydrogens (tertiary/aromatic N) is 2. The molecule has 1 aliphatic carbocycles. The van der Waals surface area contributed by atoms with Gasteiger partial charge in [-0.3, -0.25) is 4.98 Å². The van der Waals surface area contributed by atoms with Gasteiger partial charge in [-0.1, -0.05) is 25.3 Å². The van der Waals surface area contributed by atoms with E-state index in [-0.39, 0.29) is 22.9 Å². The summed E-state index contributed by atoms with van der Waals surface area (Å²) in [7, 11) is -3.75. The molecule has 4 rings (SSSR count). The quantitative estimate of drug-likeness (QED) is 0.530. The van der Waals surface area contributed by atoms with Gasteiger partial charge >= 0.3 is 6.03 Å². The predicted molar refractivity (Wildman–Crippen MR) is 133 cm³/mol. The van der Waals surface area contributed by atoms with E-state index in [0.29, 0.717) is 6.54 Å². The molecule has 2 aliphatic rings. The van der Waals surface area contributed by atoms with Crippen LogP contribution in [0.15, 0.2) is 47.6 Å². The molecule has 0 radical (unpaired) electrons. The fraction of sp³-hybridized carbons (Fsp3) is 0.520. The van der Waals surface area contributed by atoms with Crippen molar-refractivity contribution in [2.45, 2.75) is 68.2 Å². The van der Waals surface area contributed by atoms with Gasteiger partial charge in [0.25, 0.3) is 0 Å². The normalized spacial score (nSPS) is 17.6. The van der Waals surface area contributed by atoms with E-state index >= 15 is 0 Å². The highest BCUT2D eigenvalue weighted by Gasteiger charge is 2.22. The monoisotopic (exact) mass is 485 g/mol. The van der Waals surface area contributed by atoms with Crippen molar-refractivity contribution in [3.05, 3.63) is 53.9 Å². The molecule has 8 nitrogen and oxygen atoms in total. The Hall–Kier alpha value is -2.65. The standard InChI is InChI=1S/C25H35N5O3S/c26-34(32,33)23-9-8-20-5-4-15-30(24(20)17-23)16-12-21(19-10-13-27-14-11-19)18-28-25(31)29-22-6-2-1-3-7-22/h8-11,13-14,17,21-22H,1-7,12,15-16,18H2,(H2,26,32,33)(H2,28,29,31). The number of fused-ring (bicyclic) bond motifs is 1. The van der Waals surface area contributed by atoms with Crippen LogP contribution in [0.25, 0.3) is 0 Å². The molecule has 34 heavy (non-hydrogen) atoms. The lowest BCUT2D eigenvalue weighted by atomic mass is 9.94. The average Bonchev–Trinajstić information content (AvgIpc) is 2.84. The van der Waals surface area contributed by atoms with E-state index in [0.717, 1.165) is 62.0 Å². The Morgan fingerprint density at radius 1 is 1.12 bits per heavy atom. The van der Waals surface area contributed by atoms with Gasteiger partial charge in [-0.15, -0.1) is 0 Å². The van der Waals surface area contributed by atoms with Crippen molar-refractivity contribution >= 4 is 21.7 Å². The van der Waals surface area contributed by atoms with Gasteiger partial charge in [-0.25, -0.2) is 18.4 Å². The Kier molecular flexibility index (Phi) is 8.05. The number of amides is 2. The molecule has 1 fully saturated rings. The zero-order valence-corrected chi connectivity index (χ0v) is 20.4. The van der Waals surface area contributed by atoms with Crippen molar-refractivity contribution in [1.82, 2.24) is 15.6 Å². The third-order valence-electron chi connectivity index (χ3n) is 6.97. The number of primary sulfonamides is 1. The predicted octanol–water partition coefficient (Wildman–Crippen LogP) is 3.29. The largest absolute Gasteiger partial charge is 0.371 e. The number of rotatable bonds is 8. The molecule has 1 unspecified atom stereocenters. The molecule has 2 heterocycles. The minimum atomic E-state index is -3.75. The molecule has 2 amide bonds. The van der Waals surface area contributed by atoms with Crippen molar-refractivity contribution in [2.75, 3.05) is 24.5 Å². The molecule has 0 saturated heterocycles. The Labute approximate surface area is 202 Å². The fourth-order valence-corrected chi connectivity index (χ4v) is 5.61. The molecule has 0 bridgehead atoms. The Morgan fingerprint density at radius 2 is 1.88 bits per heavy atom. The number of anilines is 1. The molecule has 1 aromatic carbocycles. The lowest BCUT2D eigenvalue weighted by Crippen LogP contribution is -2.44. The summed E-state index contributed by atoms with van der Waals surface area (Å²) in [5.41, 5.74) is 3.21. The van der Waals surface area contributed by atoms with Gasteiger partial charge in [0.1, 0.15) is 0 Å². The second-order valence-electron chi connectivity index (χ2n) is 9.38. The number of carbonyl (C=O) groups excluding carboxylic acids is 1. The molecule has 1 saturated carbocycles. The molecule has 1 aliphatic heterocycles. The lowest BCUT2D eigenvalue weighted by molar-refractivity contribution is 0.232. The molecule has 1 aromatic heterocycles. The van der Waals surface area contributed by atoms with Gasteiger partial charge in [-0.05, 0) is 67.5 Å². The first-order valence-electron chi connectivity index (χ1n) is 12.2. The average molecular weight is 486 g/mol. The van der Waals surface area contributed by atoms with Crippen LogP contribution in [-0.4, -0.2) is 45.1 Å². The first kappa shape index (κ1) is 24.5. The van der Waals surface area contributed by atoms with Gasteiger partial charge in [0.15, 0.2) is 0 Å². The smallest absolute Gasteiger partial charge is 0.315 e. The van der Waals surface area contributed by atoms with E-state index in [9.17, 15) is 13.2 Å². The topological polar surface area (TPSA) is 117 Å². The Balaban J connectivity index is 1.42. The summed E-state index contributed by atoms with van der Waals surface area (Å²) < 4.78 is 23.8. The summed E-state index contributed by atoms with van der Waals surface area (Å²) in [5.74, 6) is 0.118. The third kappa shape index (κ3) is 6.48. The maximum Gasteiger partial charge on any atom is 0.315 e. The van der Waals surface area contributed by atoms with Crippen LogP contribution >= 0.6 is 0 Å². The van der Waals surface area contributed by atoms with Gasteiger partial charge < -0.3 is 15.5 Å². The number of aromatic nitrogens is 1. The van der Waals surface area contributed by atoms with E-state index < -0.39 is 10.0 Å². The van der Waals surface area contributed by atoms with Gasteiger partial charge in [0.05, 0.1) is 4.90 Å². The first-order chi connectivity index (χ1) is 16.4. The summed E-state index contributed by atoms with van der Waals surface area (Å²) in [6.45, 7) is 2.14. The highest BCUT2D eigenvalue weighted by Crippen LogP contribution is 2.31. The van der Waals surface area contributed by atoms with Crippen LogP contribution in [0.5, 0.6) is 0 Å². The highest BCUT2D eigenvalue weighted by atomic mass is 32.2. The van der Waals surface area contributed by atoms with E-state index in [1.54, 1.807) is 24.5 Å². The molecule has 9 heteroatoms. The molecule has 1 atom stereocenters. The Bertz CT molecular complexity index is 1070. The summed E-state index contributed by atoms with van der Waals surface area (Å²) in [6.07, 6.45) is 12.0. The maximum absolute atomic E-state index is 12.5. The van der Waals surface area contributed by atoms with Crippen molar-refractivity contribution in [2.24, 2.45) is 5.14 Å². The van der Waals surface area contributed by atoms with E-state index in [1.165, 1.54) is 19.3 Å². The number of nitrogens with two attached hydrogens (primary N) is 1. The second kappa shape index (κ2) is 11.2. The first-order valence-corrected chi connectivity index (χ1v) is 13.8. The van der Waals surface area contributed by atoms with Crippen molar-refractivity contribution in [3.63, 3.8) is 0 Å². The molecular weight excluding hydrogens is 450 g/mol. The van der Waals surface area contributed by atoms with Crippen molar-refractivity contribution < 1.29 is 13.2 Å². The van der Waals surface area contributed by atoms with Crippen LogP contribution in [0.3, 0.4) is 0 Å². The van der Waals surface area contributed by atoms with Gasteiger partial charge in [-0.2, -0.15) is 0 Å². The molecule has 184 valence electrons. The molecular formula is C25H35N5O3S. The fourth-order valence-electron chi connectivity index (χ4n) is 5.07. The van der Waals surface area contributed by atoms with Gasteiger partial charge in [0, 0.05) is 49.7 Å². The number of hydrogen-bond donors (Lipinski definition) is 3. The SMILES string of the molecule is NS(=O)(=O)c1ccc2c(c1)N(CCC(CNC(=O)NC1CCCCC1)c1ccncc1)CCC2. The molecule has 4 N–H and O–H groups in total. The number of urea groups is 1. The Morgan fingerprint density at radius 3 is 2.62 bits per heavy atom. The van der Waals surface area contributed by atoms with Crippen LogP contribution in [0.2, 0.25) is 0 Å². The maximum atomic E-state index is 12.5. The van der Waals surface area contributed by atoms with Crippen LogP contribution in [0, 0.1) is 0 Å². The van der Waals surface area contributed by atoms with Gasteiger partial charge in [0.2, 0.25) is 10.0 Å². The van der Waals surface area contributed by atoms with Crippen LogP contribution < -0.4 is 20.7 Å². The minimum Gasteiger partial charge on any atom is -0.371 e. The number of carbonyl (C=O) groups is 1. The third-order valence-corrected chi connectivity index (χ3v) is 7.89. The second-order valence-corrected chi connectivity index (χ2v) is 10.9. The lowest BCUT2D eigenvalue weighted by Gasteiger charge is -2.33. The van der Waals surface area contributed by atoms with Crippen LogP contribution in [-0.2, 0) is 16.4 Å². The summed E-state index contributed by atoms with van der Waals surface area (Å²) in [4.78, 5) is 19.1. The highest BCUT2D eigenvalue weighted by molar-refractivity contribution is 7.89. The summed E-state index contributed by atoms with van der Waals surface area (Å²) in [6, 6.07) is 9.31. The van der Waals surface area contributed by atoms with Crippen LogP contribution in [0.1, 0.15) is 62.0 Å². The van der Waals surface area contributed by atoms with E-state index in [4.69, 9.17) is 5.14 Å². The molecule has 0 spiro atoms. The minimum absolute atomic E-state index is 0.105.